The number of sulfone groups is 1. The monoisotopic (exact) mass is 253 g/mol. The Morgan fingerprint density at radius 2 is 2.07 bits per heavy atom. The number of halogens is 1. The van der Waals surface area contributed by atoms with E-state index in [0.29, 0.717) is 12.3 Å². The van der Waals surface area contributed by atoms with Crippen LogP contribution in [0.5, 0.6) is 0 Å². The van der Waals surface area contributed by atoms with E-state index in [0.717, 1.165) is 19.4 Å². The second kappa shape index (κ2) is 5.51. The lowest BCUT2D eigenvalue weighted by molar-refractivity contribution is 0.214. The van der Waals surface area contributed by atoms with E-state index in [2.05, 4.69) is 5.32 Å². The molecule has 0 radical (unpaired) electrons. The van der Waals surface area contributed by atoms with Gasteiger partial charge in [-0.1, -0.05) is 6.92 Å². The summed E-state index contributed by atoms with van der Waals surface area (Å²) in [4.78, 5) is 0. The fourth-order valence-electron chi connectivity index (χ4n) is 1.75. The summed E-state index contributed by atoms with van der Waals surface area (Å²) in [5.41, 5.74) is 0.109. The van der Waals surface area contributed by atoms with Crippen molar-refractivity contribution in [3.63, 3.8) is 0 Å². The smallest absolute Gasteiger partial charge is 0.150 e. The largest absolute Gasteiger partial charge is 0.310 e. The van der Waals surface area contributed by atoms with Gasteiger partial charge in [-0.2, -0.15) is 0 Å². The van der Waals surface area contributed by atoms with Crippen LogP contribution >= 0.6 is 11.6 Å². The van der Waals surface area contributed by atoms with Crippen LogP contribution in [0.2, 0.25) is 0 Å². The summed E-state index contributed by atoms with van der Waals surface area (Å²) < 4.78 is 22.4. The van der Waals surface area contributed by atoms with Gasteiger partial charge < -0.3 is 5.32 Å². The minimum atomic E-state index is -2.81. The van der Waals surface area contributed by atoms with Gasteiger partial charge in [0.05, 0.1) is 5.75 Å². The van der Waals surface area contributed by atoms with Crippen LogP contribution in [0.15, 0.2) is 0 Å². The Morgan fingerprint density at radius 1 is 1.40 bits per heavy atom. The minimum absolute atomic E-state index is 0.109. The van der Waals surface area contributed by atoms with Crippen molar-refractivity contribution in [1.82, 2.24) is 5.32 Å². The van der Waals surface area contributed by atoms with E-state index in [1.807, 2.05) is 0 Å². The van der Waals surface area contributed by atoms with Gasteiger partial charge in [0, 0.05) is 17.2 Å². The second-order valence-corrected chi connectivity index (χ2v) is 7.02. The quantitative estimate of drug-likeness (QED) is 0.553. The molecule has 0 aromatic heterocycles. The Bertz CT molecular complexity index is 280. The van der Waals surface area contributed by atoms with Gasteiger partial charge >= 0.3 is 0 Å². The lowest BCUT2D eigenvalue weighted by Crippen LogP contribution is -2.53. The molecule has 0 saturated heterocycles. The van der Waals surface area contributed by atoms with Crippen LogP contribution in [0.25, 0.3) is 0 Å². The lowest BCUT2D eigenvalue weighted by atomic mass is 9.78. The third-order valence-corrected chi connectivity index (χ3v) is 5.44. The van der Waals surface area contributed by atoms with E-state index in [1.165, 1.54) is 6.42 Å². The highest BCUT2D eigenvalue weighted by atomic mass is 35.5. The minimum Gasteiger partial charge on any atom is -0.310 e. The van der Waals surface area contributed by atoms with Gasteiger partial charge in [0.15, 0.2) is 0 Å². The van der Waals surface area contributed by atoms with Crippen molar-refractivity contribution in [2.75, 3.05) is 23.9 Å². The highest BCUT2D eigenvalue weighted by molar-refractivity contribution is 7.91. The third-order valence-electron chi connectivity index (χ3n) is 3.14. The summed E-state index contributed by atoms with van der Waals surface area (Å²) in [7, 11) is -2.81. The predicted molar refractivity (Wildman–Crippen MR) is 64.2 cm³/mol. The SMILES string of the molecule is CCS(=O)(=O)CCCNC1(CCl)CCC1. The maximum absolute atomic E-state index is 11.2. The maximum atomic E-state index is 11.2. The van der Waals surface area contributed by atoms with Gasteiger partial charge in [-0.25, -0.2) is 8.42 Å². The summed E-state index contributed by atoms with van der Waals surface area (Å²) in [5.74, 6) is 1.16. The fraction of sp³-hybridized carbons (Fsp3) is 1.00. The summed E-state index contributed by atoms with van der Waals surface area (Å²) in [6.45, 7) is 2.45. The van der Waals surface area contributed by atoms with Crippen molar-refractivity contribution in [1.29, 1.82) is 0 Å². The number of nitrogens with one attached hydrogen (secondary N) is 1. The molecule has 0 aromatic carbocycles. The van der Waals surface area contributed by atoms with Crippen molar-refractivity contribution < 1.29 is 8.42 Å². The first kappa shape index (κ1) is 13.3. The molecule has 1 rings (SSSR count). The molecule has 1 aliphatic carbocycles. The van der Waals surface area contributed by atoms with E-state index in [4.69, 9.17) is 11.6 Å². The van der Waals surface area contributed by atoms with Crippen LogP contribution in [-0.2, 0) is 9.84 Å². The van der Waals surface area contributed by atoms with E-state index in [-0.39, 0.29) is 17.0 Å². The molecule has 0 aliphatic heterocycles. The molecule has 0 heterocycles. The number of hydrogen-bond acceptors (Lipinski definition) is 3. The standard InChI is InChI=1S/C10H20ClNO2S/c1-2-15(13,14)8-4-7-12-10(9-11)5-3-6-10/h12H,2-9H2,1H3. The first-order valence-electron chi connectivity index (χ1n) is 5.55. The van der Waals surface area contributed by atoms with Crippen LogP contribution in [0.3, 0.4) is 0 Å². The van der Waals surface area contributed by atoms with Gasteiger partial charge in [0.2, 0.25) is 0 Å². The van der Waals surface area contributed by atoms with Crippen LogP contribution in [0, 0.1) is 0 Å². The number of alkyl halides is 1. The summed E-state index contributed by atoms with van der Waals surface area (Å²) in [5, 5.41) is 3.38. The number of hydrogen-bond donors (Lipinski definition) is 1. The van der Waals surface area contributed by atoms with E-state index in [9.17, 15) is 8.42 Å². The van der Waals surface area contributed by atoms with Crippen LogP contribution < -0.4 is 5.32 Å². The van der Waals surface area contributed by atoms with Crippen molar-refractivity contribution >= 4 is 21.4 Å². The Balaban J connectivity index is 2.16. The van der Waals surface area contributed by atoms with Crippen molar-refractivity contribution in [2.45, 2.75) is 38.1 Å². The third kappa shape index (κ3) is 3.93. The zero-order chi connectivity index (χ0) is 11.4. The van der Waals surface area contributed by atoms with Crippen molar-refractivity contribution in [3.8, 4) is 0 Å². The Hall–Kier alpha value is 0.200. The maximum Gasteiger partial charge on any atom is 0.150 e. The molecule has 3 nitrogen and oxygen atoms in total. The molecule has 1 fully saturated rings. The Morgan fingerprint density at radius 3 is 2.47 bits per heavy atom. The molecule has 1 aliphatic rings. The molecule has 0 amide bonds. The second-order valence-electron chi connectivity index (χ2n) is 4.28. The Kier molecular flexibility index (Phi) is 4.87. The highest BCUT2D eigenvalue weighted by Gasteiger charge is 2.35. The highest BCUT2D eigenvalue weighted by Crippen LogP contribution is 2.32. The first-order chi connectivity index (χ1) is 7.04. The molecular weight excluding hydrogens is 234 g/mol. The van der Waals surface area contributed by atoms with E-state index in [1.54, 1.807) is 6.92 Å². The normalized spacial score (nSPS) is 19.9. The van der Waals surface area contributed by atoms with Crippen molar-refractivity contribution in [2.24, 2.45) is 0 Å². The van der Waals surface area contributed by atoms with Gasteiger partial charge in [0.1, 0.15) is 9.84 Å². The molecular formula is C10H20ClNO2S. The van der Waals surface area contributed by atoms with Crippen LogP contribution in [-0.4, -0.2) is 37.9 Å². The van der Waals surface area contributed by atoms with E-state index >= 15 is 0 Å². The fourth-order valence-corrected chi connectivity index (χ4v) is 2.99. The van der Waals surface area contributed by atoms with Gasteiger partial charge in [-0.05, 0) is 32.2 Å². The average molecular weight is 254 g/mol. The predicted octanol–water partition coefficient (Wildman–Crippen LogP) is 1.56. The molecule has 0 spiro atoms. The topological polar surface area (TPSA) is 46.2 Å². The van der Waals surface area contributed by atoms with Crippen LogP contribution in [0.4, 0.5) is 0 Å². The summed E-state index contributed by atoms with van der Waals surface area (Å²) >= 11 is 5.88. The molecule has 0 unspecified atom stereocenters. The molecule has 15 heavy (non-hydrogen) atoms. The average Bonchev–Trinajstić information content (AvgIpc) is 2.16. The molecule has 1 saturated carbocycles. The lowest BCUT2D eigenvalue weighted by Gasteiger charge is -2.41. The van der Waals surface area contributed by atoms with Gasteiger partial charge in [-0.3, -0.25) is 0 Å². The molecule has 1 N–H and O–H groups in total. The van der Waals surface area contributed by atoms with Gasteiger partial charge in [0.25, 0.3) is 0 Å². The van der Waals surface area contributed by atoms with E-state index < -0.39 is 9.84 Å². The molecule has 90 valence electrons. The zero-order valence-corrected chi connectivity index (χ0v) is 10.8. The van der Waals surface area contributed by atoms with Gasteiger partial charge in [-0.15, -0.1) is 11.6 Å². The number of rotatable bonds is 7. The summed E-state index contributed by atoms with van der Waals surface area (Å²) in [6.07, 6.45) is 4.16. The zero-order valence-electron chi connectivity index (χ0n) is 9.26. The molecule has 5 heteroatoms. The Labute approximate surface area is 97.5 Å². The molecule has 0 bridgehead atoms. The molecule has 0 atom stereocenters. The van der Waals surface area contributed by atoms with Crippen LogP contribution in [0.1, 0.15) is 32.6 Å². The first-order valence-corrected chi connectivity index (χ1v) is 7.91. The van der Waals surface area contributed by atoms with Crippen molar-refractivity contribution in [3.05, 3.63) is 0 Å². The molecule has 0 aromatic rings. The summed E-state index contributed by atoms with van der Waals surface area (Å²) in [6, 6.07) is 0.